The van der Waals surface area contributed by atoms with E-state index in [1.54, 1.807) is 36.4 Å². The Balaban J connectivity index is 1.72. The van der Waals surface area contributed by atoms with Crippen LogP contribution in [0.25, 0.3) is 0 Å². The molecule has 0 radical (unpaired) electrons. The normalized spacial score (nSPS) is 19.4. The molecule has 1 heterocycles. The summed E-state index contributed by atoms with van der Waals surface area (Å²) in [4.78, 5) is 29.0. The fourth-order valence-electron chi connectivity index (χ4n) is 2.91. The van der Waals surface area contributed by atoms with Crippen LogP contribution in [0.5, 0.6) is 0 Å². The third-order valence-electron chi connectivity index (χ3n) is 4.24. The maximum absolute atomic E-state index is 12.5. The van der Waals surface area contributed by atoms with Gasteiger partial charge in [0.15, 0.2) is 0 Å². The molecular formula is C18H19ClN4O2. The molecular weight excluding hydrogens is 340 g/mol. The summed E-state index contributed by atoms with van der Waals surface area (Å²) < 4.78 is 0. The first kappa shape index (κ1) is 17.4. The van der Waals surface area contributed by atoms with Crippen LogP contribution in [0.15, 0.2) is 42.6 Å². The third-order valence-corrected chi connectivity index (χ3v) is 4.47. The van der Waals surface area contributed by atoms with Crippen molar-refractivity contribution in [1.82, 2.24) is 4.98 Å². The van der Waals surface area contributed by atoms with Gasteiger partial charge in [-0.3, -0.25) is 9.59 Å². The Morgan fingerprint density at radius 1 is 1.12 bits per heavy atom. The number of nitrogens with two attached hydrogens (primary N) is 1. The first-order chi connectivity index (χ1) is 12.0. The highest BCUT2D eigenvalue weighted by molar-refractivity contribution is 6.30. The Morgan fingerprint density at radius 2 is 1.92 bits per heavy atom. The van der Waals surface area contributed by atoms with Gasteiger partial charge in [0.05, 0.1) is 16.3 Å². The van der Waals surface area contributed by atoms with E-state index < -0.39 is 0 Å². The van der Waals surface area contributed by atoms with Crippen molar-refractivity contribution in [1.29, 1.82) is 0 Å². The molecule has 6 nitrogen and oxygen atoms in total. The van der Waals surface area contributed by atoms with E-state index in [0.717, 1.165) is 12.8 Å². The molecule has 4 N–H and O–H groups in total. The van der Waals surface area contributed by atoms with Crippen molar-refractivity contribution < 1.29 is 9.59 Å². The summed E-state index contributed by atoms with van der Waals surface area (Å²) in [6, 6.07) is 10.2. The van der Waals surface area contributed by atoms with Gasteiger partial charge in [-0.15, -0.1) is 0 Å². The summed E-state index contributed by atoms with van der Waals surface area (Å²) in [5.74, 6) is -0.173. The molecule has 0 saturated heterocycles. The molecule has 1 aliphatic carbocycles. The minimum absolute atomic E-state index is 0.0743. The monoisotopic (exact) mass is 358 g/mol. The van der Waals surface area contributed by atoms with Crippen molar-refractivity contribution in [2.45, 2.75) is 25.3 Å². The topological polar surface area (TPSA) is 97.1 Å². The van der Waals surface area contributed by atoms with Crippen LogP contribution in [-0.4, -0.2) is 22.8 Å². The Kier molecular flexibility index (Phi) is 5.31. The zero-order chi connectivity index (χ0) is 17.8. The van der Waals surface area contributed by atoms with E-state index in [0.29, 0.717) is 28.5 Å². The first-order valence-electron chi connectivity index (χ1n) is 8.11. The zero-order valence-electron chi connectivity index (χ0n) is 13.5. The largest absolute Gasteiger partial charge is 0.328 e. The number of nitrogens with zero attached hydrogens (tertiary/aromatic N) is 1. The predicted molar refractivity (Wildman–Crippen MR) is 97.6 cm³/mol. The SMILES string of the molecule is NC1CCC(C(=O)Nc2ccccc2C(=O)Nc2ccc(Cl)cn2)C1. The highest BCUT2D eigenvalue weighted by atomic mass is 35.5. The second kappa shape index (κ2) is 7.63. The van der Waals surface area contributed by atoms with Crippen molar-refractivity contribution in [2.75, 3.05) is 10.6 Å². The van der Waals surface area contributed by atoms with Crippen molar-refractivity contribution in [3.05, 3.63) is 53.2 Å². The molecule has 1 aromatic heterocycles. The lowest BCUT2D eigenvalue weighted by Crippen LogP contribution is -2.25. The van der Waals surface area contributed by atoms with Gasteiger partial charge in [0.2, 0.25) is 5.91 Å². The smallest absolute Gasteiger partial charge is 0.258 e. The molecule has 0 spiro atoms. The second-order valence-electron chi connectivity index (χ2n) is 6.12. The highest BCUT2D eigenvalue weighted by Gasteiger charge is 2.28. The molecule has 0 bridgehead atoms. The summed E-state index contributed by atoms with van der Waals surface area (Å²) in [6.45, 7) is 0. The van der Waals surface area contributed by atoms with Crippen LogP contribution in [0.4, 0.5) is 11.5 Å². The van der Waals surface area contributed by atoms with Crippen LogP contribution in [0.1, 0.15) is 29.6 Å². The predicted octanol–water partition coefficient (Wildman–Crippen LogP) is 3.05. The third kappa shape index (κ3) is 4.35. The molecule has 2 unspecified atom stereocenters. The fraction of sp³-hybridized carbons (Fsp3) is 0.278. The van der Waals surface area contributed by atoms with Crippen molar-refractivity contribution in [2.24, 2.45) is 11.7 Å². The molecule has 2 atom stereocenters. The molecule has 130 valence electrons. The van der Waals surface area contributed by atoms with Gasteiger partial charge in [0.1, 0.15) is 5.82 Å². The van der Waals surface area contributed by atoms with Crippen LogP contribution in [-0.2, 0) is 4.79 Å². The number of halogens is 1. The summed E-state index contributed by atoms with van der Waals surface area (Å²) in [6.07, 6.45) is 3.75. The van der Waals surface area contributed by atoms with Gasteiger partial charge >= 0.3 is 0 Å². The van der Waals surface area contributed by atoms with Crippen LogP contribution in [0.3, 0.4) is 0 Å². The number of anilines is 2. The molecule has 1 aromatic carbocycles. The summed E-state index contributed by atoms with van der Waals surface area (Å²) >= 11 is 5.79. The van der Waals surface area contributed by atoms with Gasteiger partial charge in [-0.05, 0) is 43.5 Å². The number of pyridine rings is 1. The van der Waals surface area contributed by atoms with Crippen LogP contribution in [0.2, 0.25) is 5.02 Å². The van der Waals surface area contributed by atoms with Gasteiger partial charge < -0.3 is 16.4 Å². The number of hydrogen-bond acceptors (Lipinski definition) is 4. The molecule has 0 aliphatic heterocycles. The van der Waals surface area contributed by atoms with Gasteiger partial charge in [0, 0.05) is 18.2 Å². The Hall–Kier alpha value is -2.44. The quantitative estimate of drug-likeness (QED) is 0.782. The molecule has 7 heteroatoms. The molecule has 1 aliphatic rings. The number of nitrogens with one attached hydrogen (secondary N) is 2. The lowest BCUT2D eigenvalue weighted by atomic mass is 10.1. The van der Waals surface area contributed by atoms with E-state index in [1.165, 1.54) is 6.20 Å². The van der Waals surface area contributed by atoms with Crippen LogP contribution >= 0.6 is 11.6 Å². The molecule has 2 aromatic rings. The van der Waals surface area contributed by atoms with E-state index in [4.69, 9.17) is 17.3 Å². The van der Waals surface area contributed by atoms with E-state index in [2.05, 4.69) is 15.6 Å². The maximum Gasteiger partial charge on any atom is 0.258 e. The zero-order valence-corrected chi connectivity index (χ0v) is 14.3. The molecule has 25 heavy (non-hydrogen) atoms. The number of rotatable bonds is 4. The Bertz CT molecular complexity index is 779. The van der Waals surface area contributed by atoms with Crippen LogP contribution in [0, 0.1) is 5.92 Å². The highest BCUT2D eigenvalue weighted by Crippen LogP contribution is 2.26. The molecule has 2 amide bonds. The number of para-hydroxylation sites is 1. The fourth-order valence-corrected chi connectivity index (χ4v) is 3.02. The van der Waals surface area contributed by atoms with Gasteiger partial charge in [-0.2, -0.15) is 0 Å². The Morgan fingerprint density at radius 3 is 2.60 bits per heavy atom. The first-order valence-corrected chi connectivity index (χ1v) is 8.49. The number of hydrogen-bond donors (Lipinski definition) is 3. The number of benzene rings is 1. The van der Waals surface area contributed by atoms with Crippen molar-refractivity contribution >= 4 is 34.9 Å². The summed E-state index contributed by atoms with van der Waals surface area (Å²) in [5.41, 5.74) is 6.71. The number of amides is 2. The number of aromatic nitrogens is 1. The summed E-state index contributed by atoms with van der Waals surface area (Å²) in [5, 5.41) is 6.03. The minimum Gasteiger partial charge on any atom is -0.328 e. The van der Waals surface area contributed by atoms with Crippen molar-refractivity contribution in [3.8, 4) is 0 Å². The molecule has 3 rings (SSSR count). The molecule has 1 saturated carbocycles. The summed E-state index contributed by atoms with van der Waals surface area (Å²) in [7, 11) is 0. The minimum atomic E-state index is -0.353. The van der Waals surface area contributed by atoms with Gasteiger partial charge in [-0.25, -0.2) is 4.98 Å². The maximum atomic E-state index is 12.5. The number of carbonyl (C=O) groups excluding carboxylic acids is 2. The average Bonchev–Trinajstić information content (AvgIpc) is 3.04. The van der Waals surface area contributed by atoms with E-state index in [9.17, 15) is 9.59 Å². The van der Waals surface area contributed by atoms with E-state index in [-0.39, 0.29) is 23.8 Å². The van der Waals surface area contributed by atoms with E-state index in [1.807, 2.05) is 0 Å². The van der Waals surface area contributed by atoms with Gasteiger partial charge in [0.25, 0.3) is 5.91 Å². The Labute approximate surface area is 150 Å². The van der Waals surface area contributed by atoms with Crippen LogP contribution < -0.4 is 16.4 Å². The van der Waals surface area contributed by atoms with E-state index >= 15 is 0 Å². The van der Waals surface area contributed by atoms with Crippen molar-refractivity contribution in [3.63, 3.8) is 0 Å². The standard InChI is InChI=1S/C18H19ClN4O2/c19-12-6-8-16(21-10-12)23-18(25)14-3-1-2-4-15(14)22-17(24)11-5-7-13(20)9-11/h1-4,6,8,10-11,13H,5,7,9,20H2,(H,22,24)(H,21,23,25). The number of carbonyl (C=O) groups is 2. The lowest BCUT2D eigenvalue weighted by Gasteiger charge is -2.14. The average molecular weight is 359 g/mol. The lowest BCUT2D eigenvalue weighted by molar-refractivity contribution is -0.119. The van der Waals surface area contributed by atoms with Gasteiger partial charge in [-0.1, -0.05) is 23.7 Å². The second-order valence-corrected chi connectivity index (χ2v) is 6.56. The molecule has 1 fully saturated rings.